The molecule has 0 N–H and O–H groups in total. The number of aromatic nitrogens is 2. The van der Waals surface area contributed by atoms with Crippen LogP contribution in [0.15, 0.2) is 30.3 Å². The van der Waals surface area contributed by atoms with Gasteiger partial charge < -0.3 is 14.5 Å². The molecule has 0 amide bonds. The number of hydrogen-bond acceptors (Lipinski definition) is 5. The smallest absolute Gasteiger partial charge is 0.132 e. The summed E-state index contributed by atoms with van der Waals surface area (Å²) in [7, 11) is 0. The molecule has 138 valence electrons. The Hall–Kier alpha value is -2.21. The second-order valence-corrected chi connectivity index (χ2v) is 7.06. The van der Waals surface area contributed by atoms with Crippen LogP contribution in [0.3, 0.4) is 0 Å². The standard InChI is InChI=1S/C20H25FN4O/c1-15-22-19(16-7-12-26-14-16)13-20(23-15)25-9-2-8-24(10-11-25)18-5-3-17(21)4-6-18/h3-6,13,16H,2,7-12,14H2,1H3/t16-/m1/s1. The van der Waals surface area contributed by atoms with Crippen LogP contribution in [0, 0.1) is 12.7 Å². The third kappa shape index (κ3) is 3.80. The van der Waals surface area contributed by atoms with Crippen LogP contribution in [0.5, 0.6) is 0 Å². The first-order valence-corrected chi connectivity index (χ1v) is 9.38. The van der Waals surface area contributed by atoms with Crippen molar-refractivity contribution in [1.82, 2.24) is 9.97 Å². The van der Waals surface area contributed by atoms with Crippen LogP contribution in [0.2, 0.25) is 0 Å². The van der Waals surface area contributed by atoms with Crippen molar-refractivity contribution in [2.45, 2.75) is 25.7 Å². The molecule has 6 heteroatoms. The lowest BCUT2D eigenvalue weighted by atomic mass is 10.0. The molecule has 0 unspecified atom stereocenters. The van der Waals surface area contributed by atoms with E-state index in [1.165, 1.54) is 12.1 Å². The number of halogens is 1. The Labute approximate surface area is 153 Å². The summed E-state index contributed by atoms with van der Waals surface area (Å²) in [5, 5.41) is 0. The predicted molar refractivity (Wildman–Crippen MR) is 100 cm³/mol. The van der Waals surface area contributed by atoms with Gasteiger partial charge in [-0.3, -0.25) is 0 Å². The van der Waals surface area contributed by atoms with E-state index in [2.05, 4.69) is 25.8 Å². The van der Waals surface area contributed by atoms with Gasteiger partial charge in [0.05, 0.1) is 12.3 Å². The maximum absolute atomic E-state index is 13.2. The van der Waals surface area contributed by atoms with Gasteiger partial charge in [0.25, 0.3) is 0 Å². The molecule has 4 rings (SSSR count). The number of rotatable bonds is 3. The van der Waals surface area contributed by atoms with Crippen molar-refractivity contribution >= 4 is 11.5 Å². The fourth-order valence-electron chi connectivity index (χ4n) is 3.77. The van der Waals surface area contributed by atoms with Gasteiger partial charge in [-0.05, 0) is 44.0 Å². The summed E-state index contributed by atoms with van der Waals surface area (Å²) >= 11 is 0. The summed E-state index contributed by atoms with van der Waals surface area (Å²) in [6, 6.07) is 8.92. The molecule has 5 nitrogen and oxygen atoms in total. The Bertz CT molecular complexity index is 746. The molecule has 2 aliphatic heterocycles. The molecule has 26 heavy (non-hydrogen) atoms. The highest BCUT2D eigenvalue weighted by Gasteiger charge is 2.22. The second-order valence-electron chi connectivity index (χ2n) is 7.06. The minimum atomic E-state index is -0.190. The highest BCUT2D eigenvalue weighted by atomic mass is 19.1. The molecular formula is C20H25FN4O. The van der Waals surface area contributed by atoms with Gasteiger partial charge in [0.1, 0.15) is 17.5 Å². The Balaban J connectivity index is 1.49. The first-order chi connectivity index (χ1) is 12.7. The van der Waals surface area contributed by atoms with E-state index in [9.17, 15) is 4.39 Å². The molecular weight excluding hydrogens is 331 g/mol. The fraction of sp³-hybridized carbons (Fsp3) is 0.500. The highest BCUT2D eigenvalue weighted by molar-refractivity contribution is 5.48. The van der Waals surface area contributed by atoms with E-state index in [1.54, 1.807) is 0 Å². The summed E-state index contributed by atoms with van der Waals surface area (Å²) in [4.78, 5) is 14.0. The van der Waals surface area contributed by atoms with Crippen molar-refractivity contribution in [1.29, 1.82) is 0 Å². The fourth-order valence-corrected chi connectivity index (χ4v) is 3.77. The molecule has 0 radical (unpaired) electrons. The maximum atomic E-state index is 13.2. The third-order valence-corrected chi connectivity index (χ3v) is 5.20. The van der Waals surface area contributed by atoms with Crippen molar-refractivity contribution in [3.8, 4) is 0 Å². The Morgan fingerprint density at radius 2 is 1.81 bits per heavy atom. The van der Waals surface area contributed by atoms with E-state index in [4.69, 9.17) is 4.74 Å². The topological polar surface area (TPSA) is 41.5 Å². The molecule has 0 bridgehead atoms. The first-order valence-electron chi connectivity index (χ1n) is 9.38. The highest BCUT2D eigenvalue weighted by Crippen LogP contribution is 2.27. The van der Waals surface area contributed by atoms with Gasteiger partial charge >= 0.3 is 0 Å². The summed E-state index contributed by atoms with van der Waals surface area (Å²) in [5.41, 5.74) is 2.18. The van der Waals surface area contributed by atoms with Crippen molar-refractivity contribution in [3.63, 3.8) is 0 Å². The van der Waals surface area contributed by atoms with Crippen LogP contribution in [0.1, 0.15) is 30.3 Å². The van der Waals surface area contributed by atoms with E-state index in [0.717, 1.165) is 75.3 Å². The third-order valence-electron chi connectivity index (χ3n) is 5.20. The van der Waals surface area contributed by atoms with Crippen LogP contribution < -0.4 is 9.80 Å². The molecule has 3 heterocycles. The number of anilines is 2. The van der Waals surface area contributed by atoms with Crippen molar-refractivity contribution in [2.24, 2.45) is 0 Å². The zero-order valence-corrected chi connectivity index (χ0v) is 15.2. The molecule has 1 aromatic heterocycles. The zero-order valence-electron chi connectivity index (χ0n) is 15.2. The van der Waals surface area contributed by atoms with E-state index < -0.39 is 0 Å². The Morgan fingerprint density at radius 1 is 1.04 bits per heavy atom. The quantitative estimate of drug-likeness (QED) is 0.845. The van der Waals surface area contributed by atoms with Gasteiger partial charge in [0.2, 0.25) is 0 Å². The van der Waals surface area contributed by atoms with Crippen LogP contribution >= 0.6 is 0 Å². The Kier molecular flexibility index (Phi) is 5.02. The lowest BCUT2D eigenvalue weighted by Gasteiger charge is -2.25. The SMILES string of the molecule is Cc1nc([C@@H]2CCOC2)cc(N2CCCN(c3ccc(F)cc3)CC2)n1. The van der Waals surface area contributed by atoms with Crippen molar-refractivity contribution in [3.05, 3.63) is 47.7 Å². The first kappa shape index (κ1) is 17.2. The van der Waals surface area contributed by atoms with Gasteiger partial charge in [0, 0.05) is 50.5 Å². The maximum Gasteiger partial charge on any atom is 0.132 e. The number of ether oxygens (including phenoxy) is 1. The molecule has 1 atom stereocenters. The van der Waals surface area contributed by atoms with Crippen LogP contribution in [0.4, 0.5) is 15.9 Å². The largest absolute Gasteiger partial charge is 0.381 e. The molecule has 0 saturated carbocycles. The molecule has 2 saturated heterocycles. The number of aryl methyl sites for hydroxylation is 1. The molecule has 2 aliphatic rings. The summed E-state index contributed by atoms with van der Waals surface area (Å²) in [5.74, 6) is 2.03. The van der Waals surface area contributed by atoms with Crippen molar-refractivity contribution in [2.75, 3.05) is 49.2 Å². The Morgan fingerprint density at radius 3 is 2.58 bits per heavy atom. The van der Waals surface area contributed by atoms with Gasteiger partial charge in [-0.15, -0.1) is 0 Å². The lowest BCUT2D eigenvalue weighted by molar-refractivity contribution is 0.193. The monoisotopic (exact) mass is 356 g/mol. The predicted octanol–water partition coefficient (Wildman–Crippen LogP) is 3.14. The average molecular weight is 356 g/mol. The van der Waals surface area contributed by atoms with Crippen LogP contribution in [-0.2, 0) is 4.74 Å². The molecule has 2 fully saturated rings. The molecule has 1 aromatic carbocycles. The van der Waals surface area contributed by atoms with Gasteiger partial charge in [-0.25, -0.2) is 14.4 Å². The van der Waals surface area contributed by atoms with Gasteiger partial charge in [-0.2, -0.15) is 0 Å². The summed E-state index contributed by atoms with van der Waals surface area (Å²) < 4.78 is 18.7. The molecule has 0 spiro atoms. The van der Waals surface area contributed by atoms with Gasteiger partial charge in [-0.1, -0.05) is 0 Å². The number of benzene rings is 1. The number of nitrogens with zero attached hydrogens (tertiary/aromatic N) is 4. The minimum absolute atomic E-state index is 0.190. The van der Waals surface area contributed by atoms with Crippen LogP contribution in [-0.4, -0.2) is 49.4 Å². The number of hydrogen-bond donors (Lipinski definition) is 0. The van der Waals surface area contributed by atoms with Crippen LogP contribution in [0.25, 0.3) is 0 Å². The summed E-state index contributed by atoms with van der Waals surface area (Å²) in [6.07, 6.45) is 2.08. The van der Waals surface area contributed by atoms with Crippen molar-refractivity contribution < 1.29 is 9.13 Å². The molecule has 2 aromatic rings. The average Bonchev–Trinajstić information content (AvgIpc) is 3.07. The second kappa shape index (κ2) is 7.58. The zero-order chi connectivity index (χ0) is 17.9. The minimum Gasteiger partial charge on any atom is -0.381 e. The lowest BCUT2D eigenvalue weighted by Crippen LogP contribution is -2.31. The van der Waals surface area contributed by atoms with E-state index in [0.29, 0.717) is 5.92 Å². The summed E-state index contributed by atoms with van der Waals surface area (Å²) in [6.45, 7) is 7.27. The molecule has 0 aliphatic carbocycles. The van der Waals surface area contributed by atoms with Gasteiger partial charge in [0.15, 0.2) is 0 Å². The normalized spacial score (nSPS) is 21.1. The van der Waals surface area contributed by atoms with E-state index in [-0.39, 0.29) is 5.82 Å². The van der Waals surface area contributed by atoms with E-state index in [1.807, 2.05) is 19.1 Å². The van der Waals surface area contributed by atoms with E-state index >= 15 is 0 Å².